The van der Waals surface area contributed by atoms with E-state index in [2.05, 4.69) is 11.9 Å². The van der Waals surface area contributed by atoms with Crippen LogP contribution in [0.2, 0.25) is 0 Å². The van der Waals surface area contributed by atoms with Gasteiger partial charge in [0.1, 0.15) is 5.60 Å². The molecule has 2 saturated carbocycles. The highest BCUT2D eigenvalue weighted by Crippen LogP contribution is 2.28. The molecule has 0 saturated heterocycles. The van der Waals surface area contributed by atoms with Gasteiger partial charge in [-0.2, -0.15) is 0 Å². The van der Waals surface area contributed by atoms with Crippen LogP contribution in [0.1, 0.15) is 85.0 Å². The van der Waals surface area contributed by atoms with E-state index >= 15 is 0 Å². The van der Waals surface area contributed by atoms with Crippen molar-refractivity contribution in [3.05, 3.63) is 30.5 Å². The average molecular weight is 477 g/mol. The molecule has 1 N–H and O–H groups in total. The molecule has 1 aromatic heterocycles. The smallest absolute Gasteiger partial charge is 0.418 e. The van der Waals surface area contributed by atoms with E-state index in [1.807, 2.05) is 0 Å². The first-order valence-electron chi connectivity index (χ1n) is 12.3. The molecule has 1 aromatic carbocycles. The van der Waals surface area contributed by atoms with Gasteiger partial charge in [0, 0.05) is 23.7 Å². The summed E-state index contributed by atoms with van der Waals surface area (Å²) in [7, 11) is 2.38. The normalized spacial score (nSPS) is 19.2. The topological polar surface area (TPSA) is 71.8 Å². The molecule has 2 aromatic rings. The van der Waals surface area contributed by atoms with Crippen LogP contribution in [0.25, 0.3) is 10.9 Å². The molecular weight excluding hydrogens is 436 g/mol. The molecule has 7 heteroatoms. The number of hydrogen-bond donors (Lipinski definition) is 1. The molecule has 6 nitrogen and oxygen atoms in total. The van der Waals surface area contributed by atoms with Gasteiger partial charge in [-0.3, -0.25) is 4.57 Å². The van der Waals surface area contributed by atoms with E-state index in [-0.39, 0.29) is 4.90 Å². The summed E-state index contributed by atoms with van der Waals surface area (Å²) in [6.45, 7) is 5.35. The van der Waals surface area contributed by atoms with Crippen molar-refractivity contribution >= 4 is 28.1 Å². The lowest BCUT2D eigenvalue weighted by Crippen LogP contribution is -2.42. The van der Waals surface area contributed by atoms with Gasteiger partial charge in [0.05, 0.1) is 10.4 Å². The first kappa shape index (κ1) is 25.9. The summed E-state index contributed by atoms with van der Waals surface area (Å²) in [4.78, 5) is 15.0. The lowest BCUT2D eigenvalue weighted by molar-refractivity contribution is 0.0544. The van der Waals surface area contributed by atoms with E-state index in [1.165, 1.54) is 75.0 Å². The van der Waals surface area contributed by atoms with Gasteiger partial charge in [-0.15, -0.1) is 0 Å². The van der Waals surface area contributed by atoms with Crippen molar-refractivity contribution in [2.45, 2.75) is 108 Å². The Balaban J connectivity index is 0.000000194. The van der Waals surface area contributed by atoms with Crippen molar-refractivity contribution in [1.82, 2.24) is 9.47 Å². The van der Waals surface area contributed by atoms with Crippen molar-refractivity contribution in [3.8, 4) is 0 Å². The molecule has 1 heterocycles. The second-order valence-electron chi connectivity index (χ2n) is 10.4. The van der Waals surface area contributed by atoms with Crippen LogP contribution >= 0.6 is 0 Å². The third-order valence-corrected chi connectivity index (χ3v) is 7.50. The predicted octanol–water partition coefficient (Wildman–Crippen LogP) is 6.59. The molecule has 33 heavy (non-hydrogen) atoms. The number of rotatable bonds is 3. The van der Waals surface area contributed by atoms with Crippen LogP contribution in [0.5, 0.6) is 0 Å². The summed E-state index contributed by atoms with van der Waals surface area (Å²) in [5, 5.41) is 0.564. The summed E-state index contributed by atoms with van der Waals surface area (Å²) in [6.07, 6.45) is 15.7. The summed E-state index contributed by atoms with van der Waals surface area (Å²) >= 11 is -2.09. The van der Waals surface area contributed by atoms with Gasteiger partial charge in [0.25, 0.3) is 0 Å². The van der Waals surface area contributed by atoms with Crippen LogP contribution in [0.3, 0.4) is 0 Å². The number of ether oxygens (including phenoxy) is 1. The average Bonchev–Trinajstić information content (AvgIpc) is 3.23. The second-order valence-corrected chi connectivity index (χ2v) is 11.3. The highest BCUT2D eigenvalue weighted by Gasteiger charge is 2.25. The number of carbonyl (C=O) groups is 1. The van der Waals surface area contributed by atoms with Crippen LogP contribution in [0.15, 0.2) is 35.4 Å². The van der Waals surface area contributed by atoms with E-state index in [4.69, 9.17) is 4.74 Å². The van der Waals surface area contributed by atoms with Crippen molar-refractivity contribution in [2.75, 3.05) is 7.05 Å². The van der Waals surface area contributed by atoms with Gasteiger partial charge >= 0.3 is 6.09 Å². The van der Waals surface area contributed by atoms with E-state index < -0.39 is 22.8 Å². The number of hydrogen-bond acceptors (Lipinski definition) is 4. The molecule has 0 amide bonds. The van der Waals surface area contributed by atoms with Gasteiger partial charge in [-0.05, 0) is 71.7 Å². The van der Waals surface area contributed by atoms with Gasteiger partial charge < -0.3 is 14.2 Å². The Labute approximate surface area is 201 Å². The molecule has 0 spiro atoms. The van der Waals surface area contributed by atoms with Crippen molar-refractivity contribution in [1.29, 1.82) is 0 Å². The fourth-order valence-corrected chi connectivity index (χ4v) is 5.59. The molecule has 4 rings (SSSR count). The molecule has 1 unspecified atom stereocenters. The molecule has 184 valence electrons. The monoisotopic (exact) mass is 476 g/mol. The molecule has 1 atom stereocenters. The Morgan fingerprint density at radius 2 is 1.55 bits per heavy atom. The second kappa shape index (κ2) is 11.6. The van der Waals surface area contributed by atoms with Gasteiger partial charge in [-0.25, -0.2) is 9.00 Å². The summed E-state index contributed by atoms with van der Waals surface area (Å²) < 4.78 is 27.0. The lowest BCUT2D eigenvalue weighted by atomic mass is 9.89. The predicted molar refractivity (Wildman–Crippen MR) is 134 cm³/mol. The lowest BCUT2D eigenvalue weighted by Gasteiger charge is -2.39. The fourth-order valence-electron chi connectivity index (χ4n) is 5.04. The summed E-state index contributed by atoms with van der Waals surface area (Å²) in [5.74, 6) is 0. The van der Waals surface area contributed by atoms with Crippen LogP contribution < -0.4 is 0 Å². The minimum Gasteiger partial charge on any atom is -0.443 e. The third kappa shape index (κ3) is 7.14. The Bertz CT molecular complexity index is 919. The number of carbonyl (C=O) groups excluding carboxylic acids is 1. The van der Waals surface area contributed by atoms with E-state index in [0.717, 1.165) is 12.1 Å². The fraction of sp³-hybridized carbons (Fsp3) is 0.654. The summed E-state index contributed by atoms with van der Waals surface area (Å²) in [5.41, 5.74) is -0.0420. The minimum atomic E-state index is -2.09. The Hall–Kier alpha value is -1.70. The maximum absolute atomic E-state index is 12.0. The first-order valence-corrected chi connectivity index (χ1v) is 13.4. The molecule has 2 fully saturated rings. The van der Waals surface area contributed by atoms with Gasteiger partial charge in [-0.1, -0.05) is 44.6 Å². The van der Waals surface area contributed by atoms with Crippen molar-refractivity contribution in [3.63, 3.8) is 0 Å². The van der Waals surface area contributed by atoms with E-state index in [0.29, 0.717) is 10.9 Å². The third-order valence-electron chi connectivity index (χ3n) is 6.77. The van der Waals surface area contributed by atoms with Crippen LogP contribution in [0, 0.1) is 0 Å². The van der Waals surface area contributed by atoms with Crippen molar-refractivity contribution < 1.29 is 18.3 Å². The zero-order valence-corrected chi connectivity index (χ0v) is 21.4. The molecule has 2 aliphatic rings. The zero-order chi connectivity index (χ0) is 24.0. The molecule has 0 bridgehead atoms. The van der Waals surface area contributed by atoms with Crippen LogP contribution in [0.4, 0.5) is 4.79 Å². The molecular formula is C26H40N2O4S. The SMILES string of the molecule is CC(C)(C)OC(=O)n1ccc2c(S(=O)O)cccc21.CN(C1CCCCC1)C1CCCCC1. The van der Waals surface area contributed by atoms with Crippen molar-refractivity contribution in [2.24, 2.45) is 0 Å². The van der Waals surface area contributed by atoms with Gasteiger partial charge in [0.2, 0.25) is 0 Å². The highest BCUT2D eigenvalue weighted by molar-refractivity contribution is 7.79. The van der Waals surface area contributed by atoms with Crippen LogP contribution in [-0.2, 0) is 15.8 Å². The number of nitrogens with zero attached hydrogens (tertiary/aromatic N) is 2. The standard InChI is InChI=1S/C13H15NO4S.C13H25N/c1-13(2,3)18-12(15)14-8-7-9-10(14)5-4-6-11(9)19(16)17;1-14(12-8-4-2-5-9-12)13-10-6-3-7-11-13/h4-8H,1-3H3,(H,16,17);12-13H,2-11H2,1H3. The zero-order valence-electron chi connectivity index (χ0n) is 20.6. The Morgan fingerprint density at radius 3 is 2.03 bits per heavy atom. The minimum absolute atomic E-state index is 0.278. The largest absolute Gasteiger partial charge is 0.443 e. The first-order chi connectivity index (χ1) is 15.7. The van der Waals surface area contributed by atoms with E-state index in [9.17, 15) is 13.6 Å². The van der Waals surface area contributed by atoms with E-state index in [1.54, 1.807) is 45.0 Å². The highest BCUT2D eigenvalue weighted by atomic mass is 32.2. The molecule has 0 aliphatic heterocycles. The van der Waals surface area contributed by atoms with Gasteiger partial charge in [0.15, 0.2) is 11.1 Å². The molecule has 2 aliphatic carbocycles. The summed E-state index contributed by atoms with van der Waals surface area (Å²) in [6, 6.07) is 8.36. The Kier molecular flexibility index (Phi) is 9.13. The number of fused-ring (bicyclic) bond motifs is 1. The molecule has 0 radical (unpaired) electrons. The van der Waals surface area contributed by atoms with Crippen LogP contribution in [-0.4, -0.2) is 49.1 Å². The maximum Gasteiger partial charge on any atom is 0.418 e. The quantitative estimate of drug-likeness (QED) is 0.506. The number of aromatic nitrogens is 1. The number of benzene rings is 1. The maximum atomic E-state index is 12.0. The Morgan fingerprint density at radius 1 is 1.00 bits per heavy atom.